The molecule has 2 aliphatic carbocycles. The maximum absolute atomic E-state index is 13.6. The van der Waals surface area contributed by atoms with Crippen LogP contribution in [0.4, 0.5) is 0 Å². The summed E-state index contributed by atoms with van der Waals surface area (Å²) < 4.78 is 7.12. The van der Waals surface area contributed by atoms with Crippen LogP contribution in [-0.2, 0) is 21.7 Å². The monoisotopic (exact) mass is 609 g/mol. The molecule has 6 heteroatoms. The number of likely N-dealkylation sites (tertiary alicyclic amines) is 1. The molecule has 0 radical (unpaired) electrons. The molecule has 0 spiro atoms. The van der Waals surface area contributed by atoms with Gasteiger partial charge in [-0.3, -0.25) is 0 Å². The number of benzene rings is 1. The molecule has 0 amide bonds. The highest BCUT2D eigenvalue weighted by atomic mass is 127. The average Bonchev–Trinajstić information content (AvgIpc) is 3.35. The van der Waals surface area contributed by atoms with Crippen molar-refractivity contribution in [3.63, 3.8) is 0 Å². The van der Waals surface area contributed by atoms with Crippen molar-refractivity contribution in [1.82, 2.24) is 0 Å². The molecule has 2 saturated carbocycles. The Labute approximate surface area is 231 Å². The number of carbonyl (C=O) groups is 1. The number of thiophene rings is 1. The highest BCUT2D eigenvalue weighted by Crippen LogP contribution is 2.46. The summed E-state index contributed by atoms with van der Waals surface area (Å²) in [5.41, 5.74) is -0.0944. The highest BCUT2D eigenvalue weighted by molar-refractivity contribution is 7.10. The molecule has 4 nitrogen and oxygen atoms in total. The van der Waals surface area contributed by atoms with Gasteiger partial charge in [0.05, 0.1) is 26.7 Å². The van der Waals surface area contributed by atoms with Crippen molar-refractivity contribution < 1.29 is 43.1 Å². The molecule has 1 aliphatic heterocycles. The van der Waals surface area contributed by atoms with Crippen molar-refractivity contribution in [2.75, 3.05) is 26.7 Å². The van der Waals surface area contributed by atoms with Crippen LogP contribution in [0, 0.1) is 23.7 Å². The fourth-order valence-electron chi connectivity index (χ4n) is 7.27. The van der Waals surface area contributed by atoms with Crippen LogP contribution in [0.3, 0.4) is 0 Å². The van der Waals surface area contributed by atoms with Crippen LogP contribution in [0.1, 0.15) is 61.8 Å². The highest BCUT2D eigenvalue weighted by Gasteiger charge is 2.51. The van der Waals surface area contributed by atoms with E-state index in [1.54, 1.807) is 0 Å². The van der Waals surface area contributed by atoms with E-state index in [4.69, 9.17) is 4.74 Å². The zero-order valence-electron chi connectivity index (χ0n) is 20.9. The third-order valence-electron chi connectivity index (χ3n) is 8.94. The Kier molecular flexibility index (Phi) is 8.99. The number of hydrogen-bond donors (Lipinski definition) is 1. The summed E-state index contributed by atoms with van der Waals surface area (Å²) >= 11 is 1.48. The van der Waals surface area contributed by atoms with Gasteiger partial charge < -0.3 is 38.3 Å². The van der Waals surface area contributed by atoms with Gasteiger partial charge in [-0.1, -0.05) is 62.1 Å². The molecular weight excluding hydrogens is 569 g/mol. The predicted octanol–water partition coefficient (Wildman–Crippen LogP) is 2.76. The number of ether oxygens (including phenoxy) is 1. The minimum atomic E-state index is -1.50. The van der Waals surface area contributed by atoms with Crippen molar-refractivity contribution in [2.24, 2.45) is 23.7 Å². The van der Waals surface area contributed by atoms with Crippen LogP contribution in [0.25, 0.3) is 0 Å². The SMILES string of the molecule is C[N+]1(Cc2ccccc2)CC2CCC(C1)C2COC(=O)C(O)(c1cccs1)C1CCCCCC1.[I-]. The largest absolute Gasteiger partial charge is 1.00 e. The molecular formula is C29H40INO3S. The van der Waals surface area contributed by atoms with Gasteiger partial charge in [0, 0.05) is 34.1 Å². The van der Waals surface area contributed by atoms with E-state index in [0.717, 1.165) is 54.7 Å². The summed E-state index contributed by atoms with van der Waals surface area (Å²) in [6.07, 6.45) is 8.79. The lowest BCUT2D eigenvalue weighted by molar-refractivity contribution is -0.933. The van der Waals surface area contributed by atoms with Crippen LogP contribution < -0.4 is 24.0 Å². The lowest BCUT2D eigenvalue weighted by atomic mass is 9.80. The lowest BCUT2D eigenvalue weighted by Gasteiger charge is -2.45. The Bertz CT molecular complexity index is 930. The zero-order chi connectivity index (χ0) is 23.6. The second kappa shape index (κ2) is 11.6. The van der Waals surface area contributed by atoms with Gasteiger partial charge in [0.15, 0.2) is 5.60 Å². The van der Waals surface area contributed by atoms with Gasteiger partial charge in [-0.2, -0.15) is 0 Å². The first kappa shape index (κ1) is 27.1. The Hall–Kier alpha value is -0.960. The van der Waals surface area contributed by atoms with Crippen molar-refractivity contribution >= 4 is 17.3 Å². The summed E-state index contributed by atoms with van der Waals surface area (Å²) in [5.74, 6) is 1.15. The molecule has 2 aromatic rings. The number of nitrogens with zero attached hydrogens (tertiary/aromatic N) is 1. The summed E-state index contributed by atoms with van der Waals surface area (Å²) in [6, 6.07) is 14.7. The molecule has 3 fully saturated rings. The number of esters is 1. The molecule has 3 atom stereocenters. The van der Waals surface area contributed by atoms with Crippen molar-refractivity contribution in [3.8, 4) is 0 Å². The number of rotatable bonds is 7. The predicted molar refractivity (Wildman–Crippen MR) is 136 cm³/mol. The summed E-state index contributed by atoms with van der Waals surface area (Å²) in [7, 11) is 2.39. The molecule has 1 saturated heterocycles. The summed E-state index contributed by atoms with van der Waals surface area (Å²) in [5, 5.41) is 13.8. The number of carbonyl (C=O) groups excluding carboxylic acids is 1. The average molecular weight is 610 g/mol. The van der Waals surface area contributed by atoms with Gasteiger partial charge in [0.1, 0.15) is 6.54 Å². The Morgan fingerprint density at radius 3 is 2.26 bits per heavy atom. The lowest BCUT2D eigenvalue weighted by Crippen LogP contribution is -3.00. The van der Waals surface area contributed by atoms with E-state index in [-0.39, 0.29) is 29.9 Å². The third-order valence-corrected chi connectivity index (χ3v) is 9.93. The second-order valence-corrected chi connectivity index (χ2v) is 12.4. The number of fused-ring (bicyclic) bond motifs is 2. The maximum atomic E-state index is 13.6. The summed E-state index contributed by atoms with van der Waals surface area (Å²) in [6.45, 7) is 3.82. The second-order valence-electron chi connectivity index (χ2n) is 11.4. The minimum Gasteiger partial charge on any atom is -1.00 e. The van der Waals surface area contributed by atoms with Crippen LogP contribution in [0.15, 0.2) is 47.8 Å². The van der Waals surface area contributed by atoms with E-state index < -0.39 is 11.6 Å². The normalized spacial score (nSPS) is 30.6. The molecule has 1 aromatic heterocycles. The quantitative estimate of drug-likeness (QED) is 0.228. The molecule has 1 aromatic carbocycles. The number of hydrogen-bond acceptors (Lipinski definition) is 4. The van der Waals surface area contributed by atoms with Gasteiger partial charge in [-0.15, -0.1) is 11.3 Å². The molecule has 2 bridgehead atoms. The fourth-order valence-corrected chi connectivity index (χ4v) is 8.16. The molecule has 1 N–H and O–H groups in total. The van der Waals surface area contributed by atoms with Gasteiger partial charge >= 0.3 is 5.97 Å². The number of aliphatic hydroxyl groups is 1. The Morgan fingerprint density at radius 2 is 1.66 bits per heavy atom. The van der Waals surface area contributed by atoms with Crippen molar-refractivity contribution in [2.45, 2.75) is 63.5 Å². The van der Waals surface area contributed by atoms with Crippen LogP contribution in [-0.4, -0.2) is 42.3 Å². The first-order chi connectivity index (χ1) is 16.5. The van der Waals surface area contributed by atoms with E-state index >= 15 is 0 Å². The van der Waals surface area contributed by atoms with E-state index in [0.29, 0.717) is 24.4 Å². The topological polar surface area (TPSA) is 46.5 Å². The number of piperidine rings is 1. The standard InChI is InChI=1S/C29H40NO3S.HI/c1-30(18-22-10-5-4-6-11-22)19-23-15-16-24(20-30)26(23)21-33-28(31)29(32,27-14-9-17-34-27)25-12-7-2-3-8-13-25;/h4-6,9-11,14,17,23-26,32H,2-3,7-8,12-13,15-16,18-21H2,1H3;1H/q+1;/p-1. The first-order valence-electron chi connectivity index (χ1n) is 13.3. The van der Waals surface area contributed by atoms with Crippen LogP contribution in [0.5, 0.6) is 0 Å². The van der Waals surface area contributed by atoms with Crippen LogP contribution in [0.2, 0.25) is 0 Å². The zero-order valence-corrected chi connectivity index (χ0v) is 23.9. The molecule has 35 heavy (non-hydrogen) atoms. The number of halogens is 1. The first-order valence-corrected chi connectivity index (χ1v) is 14.2. The number of quaternary nitrogens is 1. The molecule has 3 unspecified atom stereocenters. The Balaban J connectivity index is 0.00000289. The smallest absolute Gasteiger partial charge is 0.344 e. The van der Waals surface area contributed by atoms with Crippen molar-refractivity contribution in [1.29, 1.82) is 0 Å². The van der Waals surface area contributed by atoms with Crippen LogP contribution >= 0.6 is 11.3 Å². The molecule has 5 rings (SSSR count). The van der Waals surface area contributed by atoms with Crippen molar-refractivity contribution in [3.05, 3.63) is 58.3 Å². The Morgan fingerprint density at radius 1 is 1.00 bits per heavy atom. The fraction of sp³-hybridized carbons (Fsp3) is 0.621. The van der Waals surface area contributed by atoms with Gasteiger partial charge in [0.2, 0.25) is 0 Å². The van der Waals surface area contributed by atoms with Gasteiger partial charge in [-0.05, 0) is 37.1 Å². The molecule has 2 heterocycles. The maximum Gasteiger partial charge on any atom is 0.344 e. The van der Waals surface area contributed by atoms with E-state index in [1.165, 1.54) is 42.6 Å². The van der Waals surface area contributed by atoms with E-state index in [1.807, 2.05) is 17.5 Å². The van der Waals surface area contributed by atoms with Gasteiger partial charge in [-0.25, -0.2) is 4.79 Å². The minimum absolute atomic E-state index is 0. The van der Waals surface area contributed by atoms with E-state index in [9.17, 15) is 9.90 Å². The van der Waals surface area contributed by atoms with E-state index in [2.05, 4.69) is 37.4 Å². The molecule has 3 aliphatic rings. The third kappa shape index (κ3) is 5.81. The van der Waals surface area contributed by atoms with Gasteiger partial charge in [0.25, 0.3) is 0 Å². The summed E-state index contributed by atoms with van der Waals surface area (Å²) in [4.78, 5) is 14.3. The molecule has 192 valence electrons.